The Balaban J connectivity index is 1.60. The van der Waals surface area contributed by atoms with Gasteiger partial charge in [0.2, 0.25) is 0 Å². The molecule has 0 unspecified atom stereocenters. The number of methoxy groups -OCH3 is 1. The highest BCUT2D eigenvalue weighted by Gasteiger charge is 2.48. The highest BCUT2D eigenvalue weighted by atomic mass is 16.6. The zero-order valence-corrected chi connectivity index (χ0v) is 14.4. The fourth-order valence-corrected chi connectivity index (χ4v) is 3.03. The zero-order valence-electron chi connectivity index (χ0n) is 14.4. The molecule has 0 aliphatic carbocycles. The monoisotopic (exact) mass is 345 g/mol. The van der Waals surface area contributed by atoms with Crippen LogP contribution in [0.5, 0.6) is 5.75 Å². The molecule has 3 aromatic rings. The topological polar surface area (TPSA) is 42.1 Å². The second kappa shape index (κ2) is 7.02. The average molecular weight is 345 g/mol. The van der Waals surface area contributed by atoms with Gasteiger partial charge >= 0.3 is 0 Å². The second-order valence-electron chi connectivity index (χ2n) is 6.10. The maximum atomic E-state index is 13.2. The number of epoxide rings is 1. The van der Waals surface area contributed by atoms with Gasteiger partial charge in [0, 0.05) is 11.4 Å². The first-order chi connectivity index (χ1) is 12.8. The molecule has 4 heteroatoms. The molecule has 4 nitrogen and oxygen atoms in total. The molecule has 1 aliphatic heterocycles. The SMILES string of the molecule is COc1ccc([C@H]2O[C@H]2C(=O)N(c2ccccc2)c2ccccc2)cc1. The molecular weight excluding hydrogens is 326 g/mol. The van der Waals surface area contributed by atoms with Crippen molar-refractivity contribution in [3.63, 3.8) is 0 Å². The third-order valence-corrected chi connectivity index (χ3v) is 4.43. The van der Waals surface area contributed by atoms with E-state index >= 15 is 0 Å². The molecule has 0 radical (unpaired) electrons. The van der Waals surface area contributed by atoms with Gasteiger partial charge in [0.05, 0.1) is 7.11 Å². The van der Waals surface area contributed by atoms with Gasteiger partial charge in [-0.1, -0.05) is 48.5 Å². The average Bonchev–Trinajstić information content (AvgIpc) is 3.51. The number of amides is 1. The summed E-state index contributed by atoms with van der Waals surface area (Å²) in [5, 5.41) is 0. The normalized spacial score (nSPS) is 18.2. The number of ether oxygens (including phenoxy) is 2. The van der Waals surface area contributed by atoms with Gasteiger partial charge in [-0.25, -0.2) is 0 Å². The number of benzene rings is 3. The molecule has 1 saturated heterocycles. The van der Waals surface area contributed by atoms with E-state index in [1.807, 2.05) is 84.9 Å². The van der Waals surface area contributed by atoms with Crippen molar-refractivity contribution in [1.82, 2.24) is 0 Å². The maximum Gasteiger partial charge on any atom is 0.263 e. The third-order valence-electron chi connectivity index (χ3n) is 4.43. The first kappa shape index (κ1) is 16.4. The number of carbonyl (C=O) groups is 1. The highest BCUT2D eigenvalue weighted by molar-refractivity contribution is 6.04. The van der Waals surface area contributed by atoms with E-state index in [-0.39, 0.29) is 12.0 Å². The lowest BCUT2D eigenvalue weighted by atomic mass is 10.1. The Labute approximate surface area is 152 Å². The molecule has 1 aliphatic rings. The Hall–Kier alpha value is -3.11. The molecule has 26 heavy (non-hydrogen) atoms. The predicted octanol–water partition coefficient (Wildman–Crippen LogP) is 4.50. The smallest absolute Gasteiger partial charge is 0.263 e. The van der Waals surface area contributed by atoms with Crippen LogP contribution < -0.4 is 9.64 Å². The van der Waals surface area contributed by atoms with Crippen molar-refractivity contribution >= 4 is 17.3 Å². The molecule has 0 spiro atoms. The predicted molar refractivity (Wildman–Crippen MR) is 101 cm³/mol. The van der Waals surface area contributed by atoms with Crippen LogP contribution >= 0.6 is 0 Å². The van der Waals surface area contributed by atoms with E-state index in [2.05, 4.69) is 0 Å². The van der Waals surface area contributed by atoms with Crippen LogP contribution in [0.4, 0.5) is 11.4 Å². The summed E-state index contributed by atoms with van der Waals surface area (Å²) in [5.41, 5.74) is 2.63. The molecule has 2 atom stereocenters. The lowest BCUT2D eigenvalue weighted by Gasteiger charge is -2.22. The number of carbonyl (C=O) groups excluding carboxylic acids is 1. The molecule has 0 aromatic heterocycles. The van der Waals surface area contributed by atoms with Crippen LogP contribution in [0.1, 0.15) is 11.7 Å². The number of rotatable bonds is 5. The Morgan fingerprint density at radius 2 is 1.38 bits per heavy atom. The van der Waals surface area contributed by atoms with Gasteiger partial charge < -0.3 is 9.47 Å². The van der Waals surface area contributed by atoms with Gasteiger partial charge in [-0.2, -0.15) is 0 Å². The van der Waals surface area contributed by atoms with E-state index < -0.39 is 6.10 Å². The molecular formula is C22H19NO3. The van der Waals surface area contributed by atoms with Crippen LogP contribution in [0.15, 0.2) is 84.9 Å². The number of hydrogen-bond acceptors (Lipinski definition) is 3. The van der Waals surface area contributed by atoms with E-state index in [9.17, 15) is 4.79 Å². The van der Waals surface area contributed by atoms with E-state index in [1.54, 1.807) is 12.0 Å². The summed E-state index contributed by atoms with van der Waals surface area (Å²) in [6.45, 7) is 0. The van der Waals surface area contributed by atoms with Crippen LogP contribution in [0.3, 0.4) is 0 Å². The van der Waals surface area contributed by atoms with Crippen molar-refractivity contribution in [3.8, 4) is 5.75 Å². The summed E-state index contributed by atoms with van der Waals surface area (Å²) in [5.74, 6) is 0.718. The largest absolute Gasteiger partial charge is 0.497 e. The summed E-state index contributed by atoms with van der Waals surface area (Å²) < 4.78 is 10.9. The van der Waals surface area contributed by atoms with E-state index in [0.717, 1.165) is 22.7 Å². The van der Waals surface area contributed by atoms with Crippen molar-refractivity contribution < 1.29 is 14.3 Å². The molecule has 4 rings (SSSR count). The summed E-state index contributed by atoms with van der Waals surface area (Å²) in [7, 11) is 1.63. The van der Waals surface area contributed by atoms with Gasteiger partial charge in [0.15, 0.2) is 6.10 Å². The third kappa shape index (κ3) is 3.19. The van der Waals surface area contributed by atoms with Gasteiger partial charge in [0.1, 0.15) is 11.9 Å². The van der Waals surface area contributed by atoms with Gasteiger partial charge in [-0.15, -0.1) is 0 Å². The van der Waals surface area contributed by atoms with Crippen molar-refractivity contribution in [3.05, 3.63) is 90.5 Å². The summed E-state index contributed by atoms with van der Waals surface area (Å²) >= 11 is 0. The molecule has 0 N–H and O–H groups in total. The van der Waals surface area contributed by atoms with Gasteiger partial charge in [-0.3, -0.25) is 9.69 Å². The van der Waals surface area contributed by atoms with Crippen molar-refractivity contribution in [2.45, 2.75) is 12.2 Å². The molecule has 3 aromatic carbocycles. The second-order valence-corrected chi connectivity index (χ2v) is 6.10. The minimum absolute atomic E-state index is 0.0665. The maximum absolute atomic E-state index is 13.2. The van der Waals surface area contributed by atoms with Crippen molar-refractivity contribution in [1.29, 1.82) is 0 Å². The quantitative estimate of drug-likeness (QED) is 0.639. The van der Waals surface area contributed by atoms with Crippen LogP contribution in [-0.2, 0) is 9.53 Å². The first-order valence-corrected chi connectivity index (χ1v) is 8.51. The Morgan fingerprint density at radius 3 is 1.88 bits per heavy atom. The summed E-state index contributed by atoms with van der Waals surface area (Å²) in [6, 6.07) is 26.9. The Bertz CT molecular complexity index is 839. The minimum atomic E-state index is -0.483. The molecule has 1 amide bonds. The lowest BCUT2D eigenvalue weighted by Crippen LogP contribution is -2.30. The van der Waals surface area contributed by atoms with Crippen LogP contribution in [0.2, 0.25) is 0 Å². The van der Waals surface area contributed by atoms with E-state index in [0.29, 0.717) is 0 Å². The zero-order chi connectivity index (χ0) is 17.9. The van der Waals surface area contributed by atoms with E-state index in [4.69, 9.17) is 9.47 Å². The fraction of sp³-hybridized carbons (Fsp3) is 0.136. The van der Waals surface area contributed by atoms with Crippen molar-refractivity contribution in [2.75, 3.05) is 12.0 Å². The number of nitrogens with zero attached hydrogens (tertiary/aromatic N) is 1. The molecule has 1 fully saturated rings. The first-order valence-electron chi connectivity index (χ1n) is 8.51. The molecule has 130 valence electrons. The number of anilines is 2. The Kier molecular flexibility index (Phi) is 4.42. The molecule has 0 saturated carbocycles. The van der Waals surface area contributed by atoms with Crippen LogP contribution in [0, 0.1) is 0 Å². The number of para-hydroxylation sites is 2. The molecule has 0 bridgehead atoms. The van der Waals surface area contributed by atoms with Gasteiger partial charge in [-0.05, 0) is 42.0 Å². The van der Waals surface area contributed by atoms with Crippen LogP contribution in [0.25, 0.3) is 0 Å². The van der Waals surface area contributed by atoms with Crippen LogP contribution in [-0.4, -0.2) is 19.1 Å². The summed E-state index contributed by atoms with van der Waals surface area (Å²) in [6.07, 6.45) is -0.702. The highest BCUT2D eigenvalue weighted by Crippen LogP contribution is 2.42. The minimum Gasteiger partial charge on any atom is -0.497 e. The summed E-state index contributed by atoms with van der Waals surface area (Å²) in [4.78, 5) is 14.9. The van der Waals surface area contributed by atoms with Gasteiger partial charge in [0.25, 0.3) is 5.91 Å². The fourth-order valence-electron chi connectivity index (χ4n) is 3.03. The molecule has 1 heterocycles. The standard InChI is InChI=1S/C22H19NO3/c1-25-19-14-12-16(13-15-19)20-21(26-20)22(24)23(17-8-4-2-5-9-17)18-10-6-3-7-11-18/h2-15,20-21H,1H3/t20-,21-/m1/s1. The van der Waals surface area contributed by atoms with Crippen molar-refractivity contribution in [2.24, 2.45) is 0 Å². The number of hydrogen-bond donors (Lipinski definition) is 0. The Morgan fingerprint density at radius 1 is 0.846 bits per heavy atom. The lowest BCUT2D eigenvalue weighted by molar-refractivity contribution is -0.119. The van der Waals surface area contributed by atoms with E-state index in [1.165, 1.54) is 0 Å².